The molecule has 0 N–H and O–H groups in total. The van der Waals surface area contributed by atoms with Gasteiger partial charge in [0.2, 0.25) is 0 Å². The van der Waals surface area contributed by atoms with Crippen LogP contribution in [0.5, 0.6) is 0 Å². The van der Waals surface area contributed by atoms with Crippen LogP contribution in [0.1, 0.15) is 64.0 Å². The summed E-state index contributed by atoms with van der Waals surface area (Å²) >= 11 is 0. The molecule has 2 heteroatoms. The Kier molecular flexibility index (Phi) is 7.51. The molecule has 0 atom stereocenters. The van der Waals surface area contributed by atoms with Gasteiger partial charge in [-0.2, -0.15) is 0 Å². The average molecular weight is 296 g/mol. The highest BCUT2D eigenvalue weighted by Crippen LogP contribution is 2.34. The van der Waals surface area contributed by atoms with Crippen molar-refractivity contribution in [2.24, 2.45) is 9.98 Å². The number of aliphatic imine (C=N–C) groups is 2. The number of nitrogens with zero attached hydrogens (tertiary/aromatic N) is 2. The predicted molar refractivity (Wildman–Crippen MR) is 99.8 cm³/mol. The molecule has 2 nitrogen and oxygen atoms in total. The summed E-state index contributed by atoms with van der Waals surface area (Å²) in [5.74, 6) is 0.885. The van der Waals surface area contributed by atoms with E-state index in [0.717, 1.165) is 17.8 Å². The van der Waals surface area contributed by atoms with E-state index in [1.807, 2.05) is 25.3 Å². The van der Waals surface area contributed by atoms with Crippen LogP contribution in [0.4, 0.5) is 5.69 Å². The standard InChI is InChI=1S/C20H28N2/c1-7-8-9-11-17(21-6)14-22-20-18(15(2)3)12-10-13-19(20)16(4)5/h7-8,10-16H,6,9H2,1-5H3/b8-7-,17-11-,22-14?. The minimum absolute atomic E-state index is 0.443. The van der Waals surface area contributed by atoms with Gasteiger partial charge in [-0.15, -0.1) is 0 Å². The lowest BCUT2D eigenvalue weighted by Crippen LogP contribution is -1.95. The smallest absolute Gasteiger partial charge is 0.0768 e. The van der Waals surface area contributed by atoms with Crippen LogP contribution in [-0.2, 0) is 0 Å². The van der Waals surface area contributed by atoms with Crippen LogP contribution < -0.4 is 0 Å². The van der Waals surface area contributed by atoms with E-state index in [1.165, 1.54) is 11.1 Å². The molecule has 1 aromatic rings. The highest BCUT2D eigenvalue weighted by Gasteiger charge is 2.12. The molecule has 0 heterocycles. The van der Waals surface area contributed by atoms with Gasteiger partial charge in [-0.1, -0.05) is 64.1 Å². The molecule has 0 radical (unpaired) electrons. The first-order valence-electron chi connectivity index (χ1n) is 7.96. The van der Waals surface area contributed by atoms with Crippen molar-refractivity contribution < 1.29 is 0 Å². The van der Waals surface area contributed by atoms with Crippen molar-refractivity contribution in [3.05, 3.63) is 53.3 Å². The zero-order chi connectivity index (χ0) is 16.5. The van der Waals surface area contributed by atoms with E-state index in [-0.39, 0.29) is 0 Å². The van der Waals surface area contributed by atoms with Gasteiger partial charge in [0.15, 0.2) is 0 Å². The first-order valence-corrected chi connectivity index (χ1v) is 7.96. The van der Waals surface area contributed by atoms with Gasteiger partial charge in [-0.3, -0.25) is 9.98 Å². The minimum Gasteiger partial charge on any atom is -0.263 e. The van der Waals surface area contributed by atoms with Crippen molar-refractivity contribution in [2.75, 3.05) is 0 Å². The Morgan fingerprint density at radius 3 is 2.18 bits per heavy atom. The summed E-state index contributed by atoms with van der Waals surface area (Å²) in [6, 6.07) is 6.44. The third-order valence-corrected chi connectivity index (χ3v) is 3.55. The molecule has 0 aliphatic carbocycles. The maximum absolute atomic E-state index is 4.75. The van der Waals surface area contributed by atoms with Crippen molar-refractivity contribution in [2.45, 2.75) is 52.9 Å². The van der Waals surface area contributed by atoms with Crippen LogP contribution in [0, 0.1) is 0 Å². The van der Waals surface area contributed by atoms with Crippen molar-refractivity contribution in [1.29, 1.82) is 0 Å². The quantitative estimate of drug-likeness (QED) is 0.423. The molecular formula is C20H28N2. The van der Waals surface area contributed by atoms with Crippen molar-refractivity contribution in [1.82, 2.24) is 0 Å². The lowest BCUT2D eigenvalue weighted by molar-refractivity contribution is 0.835. The Bertz CT molecular complexity index is 549. The largest absolute Gasteiger partial charge is 0.263 e. The van der Waals surface area contributed by atoms with Gasteiger partial charge in [-0.05, 0) is 43.0 Å². The Morgan fingerprint density at radius 2 is 1.73 bits per heavy atom. The molecule has 0 amide bonds. The summed E-state index contributed by atoms with van der Waals surface area (Å²) in [6.07, 6.45) is 8.81. The minimum atomic E-state index is 0.443. The zero-order valence-electron chi connectivity index (χ0n) is 14.5. The highest BCUT2D eigenvalue weighted by molar-refractivity contribution is 5.82. The van der Waals surface area contributed by atoms with Crippen LogP contribution >= 0.6 is 0 Å². The van der Waals surface area contributed by atoms with Gasteiger partial charge in [0.25, 0.3) is 0 Å². The average Bonchev–Trinajstić information content (AvgIpc) is 2.50. The van der Waals surface area contributed by atoms with Crippen molar-refractivity contribution in [3.8, 4) is 0 Å². The Hall–Kier alpha value is -1.96. The Labute approximate surface area is 135 Å². The fraction of sp³-hybridized carbons (Fsp3) is 0.400. The summed E-state index contributed by atoms with van der Waals surface area (Å²) < 4.78 is 0. The second kappa shape index (κ2) is 9.14. The third kappa shape index (κ3) is 5.10. The molecule has 0 aromatic heterocycles. The molecule has 0 aliphatic rings. The molecule has 1 aromatic carbocycles. The van der Waals surface area contributed by atoms with E-state index in [0.29, 0.717) is 11.8 Å². The number of rotatable bonds is 7. The van der Waals surface area contributed by atoms with Gasteiger partial charge in [0.05, 0.1) is 17.6 Å². The summed E-state index contributed by atoms with van der Waals surface area (Å²) in [7, 11) is 0. The van der Waals surface area contributed by atoms with Gasteiger partial charge in [-0.25, -0.2) is 0 Å². The summed E-state index contributed by atoms with van der Waals surface area (Å²) in [5, 5.41) is 0. The van der Waals surface area contributed by atoms with Gasteiger partial charge >= 0.3 is 0 Å². The number of para-hydroxylation sites is 1. The molecule has 118 valence electrons. The van der Waals surface area contributed by atoms with Crippen LogP contribution in [0.2, 0.25) is 0 Å². The van der Waals surface area contributed by atoms with Crippen LogP contribution in [-0.4, -0.2) is 12.9 Å². The fourth-order valence-corrected chi connectivity index (χ4v) is 2.27. The van der Waals surface area contributed by atoms with E-state index >= 15 is 0 Å². The van der Waals surface area contributed by atoms with Gasteiger partial charge in [0, 0.05) is 0 Å². The maximum Gasteiger partial charge on any atom is 0.0768 e. The van der Waals surface area contributed by atoms with Crippen LogP contribution in [0.15, 0.2) is 52.1 Å². The Balaban J connectivity index is 3.21. The monoisotopic (exact) mass is 296 g/mol. The zero-order valence-corrected chi connectivity index (χ0v) is 14.5. The van der Waals surface area contributed by atoms with E-state index in [9.17, 15) is 0 Å². The number of hydrogen-bond acceptors (Lipinski definition) is 2. The topological polar surface area (TPSA) is 24.7 Å². The molecule has 0 spiro atoms. The first-order chi connectivity index (χ1) is 10.5. The first kappa shape index (κ1) is 18.1. The lowest BCUT2D eigenvalue weighted by Gasteiger charge is -2.16. The Morgan fingerprint density at radius 1 is 1.14 bits per heavy atom. The molecule has 0 bridgehead atoms. The van der Waals surface area contributed by atoms with E-state index in [2.05, 4.69) is 63.7 Å². The van der Waals surface area contributed by atoms with Crippen molar-refractivity contribution in [3.63, 3.8) is 0 Å². The van der Waals surface area contributed by atoms with E-state index < -0.39 is 0 Å². The molecule has 0 unspecified atom stereocenters. The lowest BCUT2D eigenvalue weighted by atomic mass is 9.93. The molecule has 0 aliphatic heterocycles. The van der Waals surface area contributed by atoms with E-state index in [4.69, 9.17) is 4.99 Å². The van der Waals surface area contributed by atoms with Crippen LogP contribution in [0.3, 0.4) is 0 Å². The summed E-state index contributed by atoms with van der Waals surface area (Å²) in [5.41, 5.74) is 4.44. The highest BCUT2D eigenvalue weighted by atomic mass is 14.8. The number of allylic oxidation sites excluding steroid dienone is 4. The summed E-state index contributed by atoms with van der Waals surface area (Å²) in [6.45, 7) is 14.4. The molecule has 0 fully saturated rings. The third-order valence-electron chi connectivity index (χ3n) is 3.55. The summed E-state index contributed by atoms with van der Waals surface area (Å²) in [4.78, 5) is 8.80. The second-order valence-corrected chi connectivity index (χ2v) is 5.94. The second-order valence-electron chi connectivity index (χ2n) is 5.94. The molecule has 0 saturated heterocycles. The van der Waals surface area contributed by atoms with Gasteiger partial charge in [0.1, 0.15) is 0 Å². The molecular weight excluding hydrogens is 268 g/mol. The van der Waals surface area contributed by atoms with Crippen molar-refractivity contribution >= 4 is 18.6 Å². The number of benzene rings is 1. The fourth-order valence-electron chi connectivity index (χ4n) is 2.27. The molecule has 22 heavy (non-hydrogen) atoms. The molecule has 0 saturated carbocycles. The molecule has 1 rings (SSSR count). The normalized spacial score (nSPS) is 13.0. The number of hydrogen-bond donors (Lipinski definition) is 0. The van der Waals surface area contributed by atoms with Crippen LogP contribution in [0.25, 0.3) is 0 Å². The maximum atomic E-state index is 4.75. The predicted octanol–water partition coefficient (Wildman–Crippen LogP) is 6.19. The van der Waals surface area contributed by atoms with Gasteiger partial charge < -0.3 is 0 Å². The van der Waals surface area contributed by atoms with E-state index in [1.54, 1.807) is 0 Å². The SMILES string of the molecule is C=N/C(C=Nc1c(C(C)C)cccc1C(C)C)=C\C/C=C\C.